The Hall–Kier alpha value is -5.49. The van der Waals surface area contributed by atoms with Gasteiger partial charge in [0, 0.05) is 31.0 Å². The number of hydrogen-bond donors (Lipinski definition) is 1. The van der Waals surface area contributed by atoms with Crippen LogP contribution in [0.1, 0.15) is 70.1 Å². The average molecular weight is 866 g/mol. The Morgan fingerprint density at radius 3 is 1.95 bits per heavy atom. The molecule has 5 atom stereocenters. The highest BCUT2D eigenvalue weighted by molar-refractivity contribution is 7.44. The number of carbonyl (C=O) groups excluding carboxylic acids is 1. The first-order valence-electron chi connectivity index (χ1n) is 21.2. The topological polar surface area (TPSA) is 156 Å². The van der Waals surface area contributed by atoms with Crippen LogP contribution in [0, 0.1) is 11.3 Å². The molecule has 0 aliphatic carbocycles. The van der Waals surface area contributed by atoms with E-state index in [1.807, 2.05) is 87.0 Å². The van der Waals surface area contributed by atoms with Gasteiger partial charge in [0.05, 0.1) is 42.6 Å². The molecule has 62 heavy (non-hydrogen) atoms. The second kappa shape index (κ2) is 21.5. The molecule has 14 nitrogen and oxygen atoms in total. The minimum atomic E-state index is -2.76. The number of rotatable bonds is 20. The molecule has 5 aromatic rings. The van der Waals surface area contributed by atoms with Gasteiger partial charge in [-0.25, -0.2) is 9.46 Å². The van der Waals surface area contributed by atoms with Crippen molar-refractivity contribution in [2.45, 2.75) is 76.3 Å². The number of benzene rings is 4. The maximum absolute atomic E-state index is 14.0. The number of carbonyl (C=O) groups is 1. The quantitative estimate of drug-likeness (QED) is 0.0457. The number of nitrogens with zero attached hydrogens (tertiary/aromatic N) is 4. The van der Waals surface area contributed by atoms with Crippen LogP contribution in [0.3, 0.4) is 0 Å². The second-order valence-electron chi connectivity index (χ2n) is 14.8. The summed E-state index contributed by atoms with van der Waals surface area (Å²) in [4.78, 5) is 31.1. The molecular weight excluding hydrogens is 810 g/mol. The van der Waals surface area contributed by atoms with Crippen molar-refractivity contribution in [1.29, 1.82) is 5.26 Å². The summed E-state index contributed by atoms with van der Waals surface area (Å²) in [5.74, 6) is 0.694. The molecule has 15 heteroatoms. The molecule has 0 spiro atoms. The van der Waals surface area contributed by atoms with Gasteiger partial charge >= 0.3 is 5.69 Å². The van der Waals surface area contributed by atoms with Crippen LogP contribution in [0.15, 0.2) is 126 Å². The van der Waals surface area contributed by atoms with Crippen molar-refractivity contribution in [2.75, 3.05) is 39.8 Å². The first kappa shape index (κ1) is 43.2. The van der Waals surface area contributed by atoms with Crippen LogP contribution in [-0.4, -0.2) is 85.0 Å². The molecule has 1 N–H and O–H groups in total. The zero-order valence-electron chi connectivity index (χ0n) is 37.8. The fraction of sp³-hybridized carbons (Fsp3) is 0.362. The third-order valence-electron chi connectivity index (χ3n) is 10.2. The molecule has 326 valence electrons. The Kier molecular flexibility index (Phi) is 15.0. The van der Waals surface area contributed by atoms with E-state index in [1.54, 1.807) is 68.8 Å². The van der Waals surface area contributed by atoms with Gasteiger partial charge in [-0.2, -0.15) is 10.2 Å². The highest BCUT2D eigenvalue weighted by Gasteiger charge is 2.51. The summed E-state index contributed by atoms with van der Waals surface area (Å²) in [5.41, 5.74) is -0.377. The second-order valence-corrected chi connectivity index (χ2v) is 16.2. The molecule has 1 aliphatic heterocycles. The highest BCUT2D eigenvalue weighted by atomic mass is 31.2. The molecule has 1 aromatic heterocycles. The lowest BCUT2D eigenvalue weighted by molar-refractivity contribution is -0.0957. The van der Waals surface area contributed by atoms with Crippen molar-refractivity contribution in [3.63, 3.8) is 0 Å². The molecule has 6 rings (SSSR count). The minimum absolute atomic E-state index is 0.00405. The largest absolute Gasteiger partial charge is 0.497 e. The number of nitrogens with one attached hydrogen (secondary N) is 1. The smallest absolute Gasteiger partial charge is 0.351 e. The van der Waals surface area contributed by atoms with Crippen LogP contribution in [0.5, 0.6) is 11.5 Å². The van der Waals surface area contributed by atoms with E-state index < -0.39 is 56.8 Å². The van der Waals surface area contributed by atoms with E-state index in [1.165, 1.54) is 19.4 Å². The molecule has 2 heterocycles. The van der Waals surface area contributed by atoms with E-state index in [2.05, 4.69) is 16.4 Å². The molecule has 4 aromatic carbocycles. The van der Waals surface area contributed by atoms with Crippen molar-refractivity contribution >= 4 is 20.3 Å². The predicted octanol–water partition coefficient (Wildman–Crippen LogP) is 8.10. The first-order valence-corrected chi connectivity index (χ1v) is 21.3. The molecule has 1 saturated heterocycles. The Balaban J connectivity index is 1.50. The number of aromatic nitrogens is 2. The molecule has 1 fully saturated rings. The standard InChI is InChI=1S/C47H54N5O9P/c1-32(2)52(33(3)4)62(59-30-14-28-48)61-42-40(60-45(43(42)57-7)51-29-27-41(50-46(51)54)49-44(53)34-15-10-8-11-16-34)31-58-47(35-17-12-9-13-18-35,36-19-23-38(55-5)24-20-36)37-21-25-39(56-6)26-22-37/h8-13,15-27,29,32-33,40,42-43,45H,14,30-31H2,1-7H3,(H,49,50,53,54)/t40-,42-,43-,45-,62?/m1/s1/i31D2. The van der Waals surface area contributed by atoms with Gasteiger partial charge in [0.15, 0.2) is 6.23 Å². The minimum Gasteiger partial charge on any atom is -0.497 e. The van der Waals surface area contributed by atoms with E-state index in [4.69, 9.17) is 32.7 Å². The summed E-state index contributed by atoms with van der Waals surface area (Å²) < 4.78 is 67.4. The Morgan fingerprint density at radius 1 is 0.871 bits per heavy atom. The molecule has 0 bridgehead atoms. The summed E-state index contributed by atoms with van der Waals surface area (Å²) in [6, 6.07) is 35.4. The molecule has 1 aliphatic rings. The van der Waals surface area contributed by atoms with Crippen molar-refractivity contribution in [3.05, 3.63) is 154 Å². The summed E-state index contributed by atoms with van der Waals surface area (Å²) >= 11 is 0. The monoisotopic (exact) mass is 865 g/mol. The number of hydrogen-bond acceptors (Lipinski definition) is 12. The summed E-state index contributed by atoms with van der Waals surface area (Å²) in [6.45, 7) is 5.20. The maximum atomic E-state index is 14.0. The molecular formula is C47H54N5O9P. The van der Waals surface area contributed by atoms with Gasteiger partial charge in [-0.3, -0.25) is 9.36 Å². The van der Waals surface area contributed by atoms with Gasteiger partial charge in [-0.1, -0.05) is 72.8 Å². The number of anilines is 1. The van der Waals surface area contributed by atoms with Crippen molar-refractivity contribution in [2.24, 2.45) is 0 Å². The average Bonchev–Trinajstić information content (AvgIpc) is 3.67. The van der Waals surface area contributed by atoms with Gasteiger partial charge in [-0.15, -0.1) is 0 Å². The molecule has 0 radical (unpaired) electrons. The van der Waals surface area contributed by atoms with Crippen LogP contribution in [-0.2, 0) is 28.9 Å². The Morgan fingerprint density at radius 2 is 1.44 bits per heavy atom. The van der Waals surface area contributed by atoms with Crippen molar-refractivity contribution < 1.29 is 40.3 Å². The fourth-order valence-electron chi connectivity index (χ4n) is 7.32. The van der Waals surface area contributed by atoms with E-state index in [9.17, 15) is 17.6 Å². The lowest BCUT2D eigenvalue weighted by atomic mass is 9.80. The summed E-state index contributed by atoms with van der Waals surface area (Å²) in [6.07, 6.45) is -3.93. The first-order chi connectivity index (χ1) is 30.8. The van der Waals surface area contributed by atoms with E-state index in [0.29, 0.717) is 33.8 Å². The Bertz CT molecular complexity index is 2330. The highest BCUT2D eigenvalue weighted by Crippen LogP contribution is 2.51. The van der Waals surface area contributed by atoms with Crippen LogP contribution >= 0.6 is 8.53 Å². The fourth-order valence-corrected chi connectivity index (χ4v) is 9.07. The zero-order chi connectivity index (χ0) is 46.0. The lowest BCUT2D eigenvalue weighted by Crippen LogP contribution is -2.43. The van der Waals surface area contributed by atoms with Crippen LogP contribution in [0.25, 0.3) is 0 Å². The van der Waals surface area contributed by atoms with Gasteiger partial charge in [-0.05, 0) is 86.8 Å². The van der Waals surface area contributed by atoms with Crippen LogP contribution < -0.4 is 20.5 Å². The molecule has 1 unspecified atom stereocenters. The SMILES string of the molecule is [2H]C([2H])(OC(c1ccccc1)(c1ccc(OC)cc1)c1ccc(OC)cc1)[C@H]1O[C@@H](n2ccc(NC(=O)c3ccccc3)nc2=O)[C@H](OC)[C@@H]1OP(OCCC#N)N(C(C)C)C(C)C. The lowest BCUT2D eigenvalue weighted by Gasteiger charge is -2.39. The van der Waals surface area contributed by atoms with Gasteiger partial charge in [0.25, 0.3) is 14.4 Å². The van der Waals surface area contributed by atoms with Crippen molar-refractivity contribution in [1.82, 2.24) is 14.2 Å². The molecule has 0 saturated carbocycles. The van der Waals surface area contributed by atoms with E-state index in [-0.39, 0.29) is 30.9 Å². The number of ether oxygens (including phenoxy) is 5. The number of nitriles is 1. The van der Waals surface area contributed by atoms with Crippen molar-refractivity contribution in [3.8, 4) is 17.6 Å². The zero-order valence-corrected chi connectivity index (χ0v) is 36.7. The number of amides is 1. The third-order valence-corrected chi connectivity index (χ3v) is 12.3. The van der Waals surface area contributed by atoms with Gasteiger partial charge in [0.1, 0.15) is 41.2 Å². The number of methoxy groups -OCH3 is 3. The summed E-state index contributed by atoms with van der Waals surface area (Å²) in [7, 11) is 2.51. The maximum Gasteiger partial charge on any atom is 0.351 e. The summed E-state index contributed by atoms with van der Waals surface area (Å²) in [5, 5.41) is 12.1. The van der Waals surface area contributed by atoms with E-state index >= 15 is 0 Å². The van der Waals surface area contributed by atoms with E-state index in [0.717, 1.165) is 4.57 Å². The van der Waals surface area contributed by atoms with Crippen LogP contribution in [0.2, 0.25) is 0 Å². The Labute approximate surface area is 367 Å². The normalized spacial score (nSPS) is 18.9. The third kappa shape index (κ3) is 10.4. The van der Waals surface area contributed by atoms with Crippen LogP contribution in [0.4, 0.5) is 5.82 Å². The van der Waals surface area contributed by atoms with Gasteiger partial charge < -0.3 is 38.0 Å². The predicted molar refractivity (Wildman–Crippen MR) is 236 cm³/mol. The molecule has 1 amide bonds. The van der Waals surface area contributed by atoms with Gasteiger partial charge in [0.2, 0.25) is 0 Å².